The summed E-state index contributed by atoms with van der Waals surface area (Å²) < 4.78 is 12.6. The summed E-state index contributed by atoms with van der Waals surface area (Å²) in [5.74, 6) is 1.23. The number of nitrogens with zero attached hydrogens (tertiary/aromatic N) is 2. The highest BCUT2D eigenvalue weighted by atomic mass is 16.7. The van der Waals surface area contributed by atoms with Crippen LogP contribution in [-0.4, -0.2) is 28.7 Å². The van der Waals surface area contributed by atoms with E-state index in [0.717, 1.165) is 29.8 Å². The van der Waals surface area contributed by atoms with E-state index in [0.29, 0.717) is 12.3 Å². The van der Waals surface area contributed by atoms with Gasteiger partial charge in [-0.05, 0) is 37.5 Å². The Kier molecular flexibility index (Phi) is 3.75. The highest BCUT2D eigenvalue weighted by Crippen LogP contribution is 2.39. The Balaban J connectivity index is 1.67. The van der Waals surface area contributed by atoms with Gasteiger partial charge in [0.15, 0.2) is 16.9 Å². The molecule has 0 radical (unpaired) electrons. The summed E-state index contributed by atoms with van der Waals surface area (Å²) in [5.41, 5.74) is 1.84. The molecule has 0 saturated carbocycles. The van der Waals surface area contributed by atoms with E-state index in [9.17, 15) is 9.59 Å². The molecule has 0 N–H and O–H groups in total. The maximum Gasteiger partial charge on any atom is 0.259 e. The number of hydrogen-bond acceptors (Lipinski definition) is 4. The summed E-state index contributed by atoms with van der Waals surface area (Å²) in [6.45, 7) is 2.72. The molecule has 0 unspecified atom stereocenters. The van der Waals surface area contributed by atoms with Crippen LogP contribution in [0.5, 0.6) is 11.5 Å². The second-order valence-corrected chi connectivity index (χ2v) is 6.57. The first kappa shape index (κ1) is 15.7. The summed E-state index contributed by atoms with van der Waals surface area (Å²) >= 11 is 0. The molecule has 2 aliphatic heterocycles. The first-order chi connectivity index (χ1) is 12.0. The topological polar surface area (TPSA) is 60.8 Å². The Morgan fingerprint density at radius 2 is 2.00 bits per heavy atom. The lowest BCUT2D eigenvalue weighted by Gasteiger charge is -2.25. The van der Waals surface area contributed by atoms with E-state index in [1.54, 1.807) is 15.7 Å². The Hall–Kier alpha value is -2.76. The van der Waals surface area contributed by atoms with Crippen molar-refractivity contribution in [1.29, 1.82) is 0 Å². The molecule has 6 nitrogen and oxygen atoms in total. The third-order valence-electron chi connectivity index (χ3n) is 5.01. The highest BCUT2D eigenvalue weighted by molar-refractivity contribution is 5.94. The number of hydrogen-bond donors (Lipinski definition) is 0. The number of pyridine rings is 1. The lowest BCUT2D eigenvalue weighted by Crippen LogP contribution is -2.34. The molecule has 0 bridgehead atoms. The minimum atomic E-state index is -0.225. The zero-order chi connectivity index (χ0) is 17.6. The fourth-order valence-electron chi connectivity index (χ4n) is 3.52. The second-order valence-electron chi connectivity index (χ2n) is 6.57. The average Bonchev–Trinajstić information content (AvgIpc) is 3.25. The Labute approximate surface area is 145 Å². The average molecular weight is 340 g/mol. The van der Waals surface area contributed by atoms with Crippen molar-refractivity contribution < 1.29 is 14.3 Å². The van der Waals surface area contributed by atoms with Gasteiger partial charge in [0.25, 0.3) is 5.91 Å². The fourth-order valence-corrected chi connectivity index (χ4v) is 3.52. The third-order valence-corrected chi connectivity index (χ3v) is 5.01. The van der Waals surface area contributed by atoms with Crippen LogP contribution in [0, 0.1) is 6.92 Å². The maximum atomic E-state index is 13.0. The molecular weight excluding hydrogens is 320 g/mol. The van der Waals surface area contributed by atoms with Gasteiger partial charge in [-0.3, -0.25) is 9.59 Å². The zero-order valence-corrected chi connectivity index (χ0v) is 14.3. The number of ether oxygens (including phenoxy) is 2. The zero-order valence-electron chi connectivity index (χ0n) is 14.3. The highest BCUT2D eigenvalue weighted by Gasteiger charge is 2.32. The van der Waals surface area contributed by atoms with Gasteiger partial charge in [0.2, 0.25) is 6.79 Å². The smallest absolute Gasteiger partial charge is 0.259 e. The lowest BCUT2D eigenvalue weighted by molar-refractivity contribution is 0.0733. The van der Waals surface area contributed by atoms with Gasteiger partial charge in [-0.1, -0.05) is 6.07 Å². The number of carbonyl (C=O) groups excluding carboxylic acids is 1. The molecule has 2 aliphatic rings. The summed E-state index contributed by atoms with van der Waals surface area (Å²) in [6.07, 6.45) is 3.42. The summed E-state index contributed by atoms with van der Waals surface area (Å²) in [4.78, 5) is 27.1. The second kappa shape index (κ2) is 5.95. The molecule has 3 heterocycles. The molecule has 0 aliphatic carbocycles. The standard InChI is InChI=1S/C19H20N2O4/c1-12-8-16(22)14(10-20(12)2)19(23)21-7-3-4-15(21)13-5-6-17-18(9-13)25-11-24-17/h5-6,8-10,15H,3-4,7,11H2,1-2H3/t15-/m1/s1. The molecule has 1 amide bonds. The van der Waals surface area contributed by atoms with E-state index >= 15 is 0 Å². The number of amides is 1. The summed E-state index contributed by atoms with van der Waals surface area (Å²) in [6, 6.07) is 7.25. The van der Waals surface area contributed by atoms with Gasteiger partial charge >= 0.3 is 0 Å². The molecule has 130 valence electrons. The molecule has 1 fully saturated rings. The molecule has 1 saturated heterocycles. The number of likely N-dealkylation sites (tertiary alicyclic amines) is 1. The van der Waals surface area contributed by atoms with Crippen molar-refractivity contribution in [3.05, 3.63) is 57.5 Å². The van der Waals surface area contributed by atoms with E-state index in [2.05, 4.69) is 0 Å². The van der Waals surface area contributed by atoms with Gasteiger partial charge < -0.3 is 18.9 Å². The molecule has 1 atom stereocenters. The predicted octanol–water partition coefficient (Wildman–Crippen LogP) is 2.40. The Morgan fingerprint density at radius 3 is 2.84 bits per heavy atom. The van der Waals surface area contributed by atoms with Crippen molar-refractivity contribution in [3.63, 3.8) is 0 Å². The molecule has 1 aromatic carbocycles. The quantitative estimate of drug-likeness (QED) is 0.842. The normalized spacial score (nSPS) is 18.6. The number of benzene rings is 1. The number of fused-ring (bicyclic) bond motifs is 1. The van der Waals surface area contributed by atoms with Crippen molar-refractivity contribution in [2.75, 3.05) is 13.3 Å². The van der Waals surface area contributed by atoms with Crippen LogP contribution in [0.1, 0.15) is 40.5 Å². The van der Waals surface area contributed by atoms with Gasteiger partial charge in [-0.25, -0.2) is 0 Å². The first-order valence-electron chi connectivity index (χ1n) is 8.42. The van der Waals surface area contributed by atoms with E-state index in [4.69, 9.17) is 9.47 Å². The molecule has 4 rings (SSSR count). The molecule has 1 aromatic heterocycles. The largest absolute Gasteiger partial charge is 0.454 e. The van der Waals surface area contributed by atoms with E-state index < -0.39 is 0 Å². The van der Waals surface area contributed by atoms with Crippen LogP contribution in [0.2, 0.25) is 0 Å². The van der Waals surface area contributed by atoms with Crippen LogP contribution in [0.15, 0.2) is 35.3 Å². The van der Waals surface area contributed by atoms with Gasteiger partial charge in [0.1, 0.15) is 5.56 Å². The number of aryl methyl sites for hydroxylation is 2. The minimum Gasteiger partial charge on any atom is -0.454 e. The maximum absolute atomic E-state index is 13.0. The van der Waals surface area contributed by atoms with Gasteiger partial charge in [-0.15, -0.1) is 0 Å². The van der Waals surface area contributed by atoms with E-state index in [-0.39, 0.29) is 29.7 Å². The van der Waals surface area contributed by atoms with Gasteiger partial charge in [-0.2, -0.15) is 0 Å². The molecular formula is C19H20N2O4. The number of rotatable bonds is 2. The molecule has 6 heteroatoms. The van der Waals surface area contributed by atoms with Crippen molar-refractivity contribution in [2.45, 2.75) is 25.8 Å². The lowest BCUT2D eigenvalue weighted by atomic mass is 10.0. The third kappa shape index (κ3) is 2.67. The monoisotopic (exact) mass is 340 g/mol. The van der Waals surface area contributed by atoms with Gasteiger partial charge in [0.05, 0.1) is 6.04 Å². The number of aromatic nitrogens is 1. The van der Waals surface area contributed by atoms with Crippen molar-refractivity contribution in [2.24, 2.45) is 7.05 Å². The molecule has 0 spiro atoms. The van der Waals surface area contributed by atoms with Crippen molar-refractivity contribution >= 4 is 5.91 Å². The van der Waals surface area contributed by atoms with E-state index in [1.165, 1.54) is 6.07 Å². The fraction of sp³-hybridized carbons (Fsp3) is 0.368. The Bertz CT molecular complexity index is 903. The SMILES string of the molecule is Cc1cc(=O)c(C(=O)N2CCC[C@@H]2c2ccc3c(c2)OCO3)cn1C. The minimum absolute atomic E-state index is 0.0481. The van der Waals surface area contributed by atoms with Crippen LogP contribution in [0.3, 0.4) is 0 Å². The van der Waals surface area contributed by atoms with Crippen molar-refractivity contribution in [3.8, 4) is 11.5 Å². The molecule has 25 heavy (non-hydrogen) atoms. The van der Waals surface area contributed by atoms with Gasteiger partial charge in [0, 0.05) is 31.5 Å². The predicted molar refractivity (Wildman–Crippen MR) is 92.0 cm³/mol. The van der Waals surface area contributed by atoms with Crippen LogP contribution in [0.4, 0.5) is 0 Å². The van der Waals surface area contributed by atoms with Crippen LogP contribution >= 0.6 is 0 Å². The van der Waals surface area contributed by atoms with Crippen LogP contribution in [0.25, 0.3) is 0 Å². The first-order valence-corrected chi connectivity index (χ1v) is 8.42. The van der Waals surface area contributed by atoms with Crippen LogP contribution in [-0.2, 0) is 7.05 Å². The van der Waals surface area contributed by atoms with Crippen LogP contribution < -0.4 is 14.9 Å². The number of carbonyl (C=O) groups is 1. The van der Waals surface area contributed by atoms with E-state index in [1.807, 2.05) is 32.2 Å². The molecule has 2 aromatic rings. The van der Waals surface area contributed by atoms with Crippen molar-refractivity contribution in [1.82, 2.24) is 9.47 Å². The Morgan fingerprint density at radius 1 is 1.20 bits per heavy atom. The summed E-state index contributed by atoms with van der Waals surface area (Å²) in [5, 5.41) is 0. The summed E-state index contributed by atoms with van der Waals surface area (Å²) in [7, 11) is 1.84.